The van der Waals surface area contributed by atoms with Crippen LogP contribution >= 0.6 is 0 Å². The summed E-state index contributed by atoms with van der Waals surface area (Å²) in [5, 5.41) is 3.89. The van der Waals surface area contributed by atoms with Gasteiger partial charge in [-0.1, -0.05) is 0 Å². The van der Waals surface area contributed by atoms with Crippen molar-refractivity contribution >= 4 is 28.2 Å². The molecule has 13 nitrogen and oxygen atoms in total. The van der Waals surface area contributed by atoms with Gasteiger partial charge in [0.15, 0.2) is 0 Å². The van der Waals surface area contributed by atoms with E-state index in [-0.39, 0.29) is 25.2 Å². The van der Waals surface area contributed by atoms with Gasteiger partial charge in [0.25, 0.3) is 5.91 Å². The molecule has 3 N–H and O–H groups in total. The van der Waals surface area contributed by atoms with E-state index < -0.39 is 34.4 Å². The summed E-state index contributed by atoms with van der Waals surface area (Å²) in [6, 6.07) is -2.26. The van der Waals surface area contributed by atoms with Gasteiger partial charge in [-0.05, 0) is 32.2 Å². The third kappa shape index (κ3) is 4.45. The maximum absolute atomic E-state index is 12.4. The van der Waals surface area contributed by atoms with Gasteiger partial charge in [-0.15, -0.1) is 4.28 Å². The minimum atomic E-state index is -4.83. The van der Waals surface area contributed by atoms with Gasteiger partial charge in [0.2, 0.25) is 5.90 Å². The Bertz CT molecular complexity index is 799. The van der Waals surface area contributed by atoms with Gasteiger partial charge in [-0.25, -0.2) is 15.3 Å². The molecular weight excluding hydrogens is 410 g/mol. The maximum atomic E-state index is 12.4. The van der Waals surface area contributed by atoms with Crippen LogP contribution in [0.25, 0.3) is 0 Å². The fourth-order valence-corrected chi connectivity index (χ4v) is 4.38. The number of nitrogens with one attached hydrogen (secondary N) is 2. The topological polar surface area (TPSA) is 159 Å². The number of hydrogen-bond donors (Lipinski definition) is 3. The lowest BCUT2D eigenvalue weighted by molar-refractivity contribution is -0.139. The second-order valence-corrected chi connectivity index (χ2v) is 8.37. The first kappa shape index (κ1) is 20.3. The number of hydroxylamine groups is 3. The van der Waals surface area contributed by atoms with E-state index in [1.54, 1.807) is 0 Å². The zero-order valence-corrected chi connectivity index (χ0v) is 16.3. The molecule has 4 atom stereocenters. The third-order valence-corrected chi connectivity index (χ3v) is 5.69. The number of piperidine rings is 1. The number of carbonyl (C=O) groups is 2. The normalized spacial score (nSPS) is 31.8. The Balaban J connectivity index is 1.26. The zero-order valence-electron chi connectivity index (χ0n) is 15.5. The van der Waals surface area contributed by atoms with Crippen LogP contribution in [0.1, 0.15) is 25.7 Å². The zero-order chi connectivity index (χ0) is 20.6. The molecule has 162 valence electrons. The van der Waals surface area contributed by atoms with E-state index in [0.29, 0.717) is 30.4 Å². The van der Waals surface area contributed by atoms with Gasteiger partial charge in [0.05, 0.1) is 12.1 Å². The van der Waals surface area contributed by atoms with Crippen molar-refractivity contribution in [3.05, 3.63) is 0 Å². The molecule has 14 heteroatoms. The van der Waals surface area contributed by atoms with E-state index in [4.69, 9.17) is 14.1 Å². The Morgan fingerprint density at radius 3 is 2.93 bits per heavy atom. The molecule has 3 fully saturated rings. The highest BCUT2D eigenvalue weighted by molar-refractivity contribution is 7.80. The van der Waals surface area contributed by atoms with Crippen LogP contribution in [-0.2, 0) is 29.1 Å². The monoisotopic (exact) mass is 433 g/mol. The summed E-state index contributed by atoms with van der Waals surface area (Å²) in [6.45, 7) is 1.56. The minimum absolute atomic E-state index is 0.116. The van der Waals surface area contributed by atoms with E-state index in [0.717, 1.165) is 19.4 Å². The number of rotatable bonds is 7. The Hall–Kier alpha value is -2.00. The van der Waals surface area contributed by atoms with Gasteiger partial charge in [-0.2, -0.15) is 13.5 Å². The Morgan fingerprint density at radius 2 is 2.21 bits per heavy atom. The number of hydrogen-bond acceptors (Lipinski definition) is 9. The molecule has 0 aromatic rings. The predicted octanol–water partition coefficient (Wildman–Crippen LogP) is -1.41. The van der Waals surface area contributed by atoms with Gasteiger partial charge >= 0.3 is 16.4 Å². The SMILES string of the molecule is O=C(NOC[C@@H]1COC([C@@H]2CCCN2)=N1)[C@@H]1CC[C@@H]2CN1C(=O)N2OS(=O)(=O)O. The number of carbonyl (C=O) groups excluding carboxylic acids is 2. The van der Waals surface area contributed by atoms with E-state index in [1.165, 1.54) is 4.90 Å². The lowest BCUT2D eigenvalue weighted by Gasteiger charge is -2.28. The van der Waals surface area contributed by atoms with Gasteiger partial charge < -0.3 is 15.0 Å². The van der Waals surface area contributed by atoms with Gasteiger partial charge in [0, 0.05) is 6.54 Å². The number of nitrogens with zero attached hydrogens (tertiary/aromatic N) is 3. The van der Waals surface area contributed by atoms with Crippen molar-refractivity contribution in [3.63, 3.8) is 0 Å². The number of amides is 3. The Kier molecular flexibility index (Phi) is 5.61. The first-order chi connectivity index (χ1) is 13.8. The van der Waals surface area contributed by atoms with Crippen molar-refractivity contribution in [2.24, 2.45) is 4.99 Å². The molecule has 4 rings (SSSR count). The molecule has 3 amide bonds. The summed E-state index contributed by atoms with van der Waals surface area (Å²) < 4.78 is 40.5. The van der Waals surface area contributed by atoms with Crippen LogP contribution in [-0.4, -0.2) is 91.2 Å². The van der Waals surface area contributed by atoms with E-state index >= 15 is 0 Å². The number of urea groups is 1. The largest absolute Gasteiger partial charge is 0.477 e. The van der Waals surface area contributed by atoms with Gasteiger partial charge in [0.1, 0.15) is 25.3 Å². The molecule has 29 heavy (non-hydrogen) atoms. The average Bonchev–Trinajstić information content (AvgIpc) is 3.39. The second kappa shape index (κ2) is 8.02. The quantitative estimate of drug-likeness (QED) is 0.324. The van der Waals surface area contributed by atoms with Crippen molar-refractivity contribution in [1.82, 2.24) is 20.8 Å². The maximum Gasteiger partial charge on any atom is 0.418 e. The number of fused-ring (bicyclic) bond motifs is 2. The lowest BCUT2D eigenvalue weighted by Crippen LogP contribution is -2.50. The molecule has 0 aromatic heterocycles. The van der Waals surface area contributed by atoms with Crippen molar-refractivity contribution < 1.29 is 36.4 Å². The second-order valence-electron chi connectivity index (χ2n) is 7.37. The highest BCUT2D eigenvalue weighted by atomic mass is 32.3. The molecule has 0 radical (unpaired) electrons. The fourth-order valence-electron chi connectivity index (χ4n) is 3.99. The van der Waals surface area contributed by atoms with Crippen LogP contribution in [0.15, 0.2) is 4.99 Å². The lowest BCUT2D eigenvalue weighted by atomic mass is 10.0. The molecule has 4 heterocycles. The molecule has 0 spiro atoms. The fraction of sp³-hybridized carbons (Fsp3) is 0.800. The molecule has 4 aliphatic rings. The smallest absolute Gasteiger partial charge is 0.418 e. The predicted molar refractivity (Wildman–Crippen MR) is 95.7 cm³/mol. The van der Waals surface area contributed by atoms with Crippen LogP contribution in [0, 0.1) is 0 Å². The van der Waals surface area contributed by atoms with Crippen LogP contribution in [0.4, 0.5) is 4.79 Å². The average molecular weight is 433 g/mol. The molecule has 0 aromatic carbocycles. The van der Waals surface area contributed by atoms with Crippen LogP contribution in [0.3, 0.4) is 0 Å². The molecule has 2 bridgehead atoms. The summed E-state index contributed by atoms with van der Waals surface area (Å²) in [5.41, 5.74) is 2.33. The highest BCUT2D eigenvalue weighted by Gasteiger charge is 2.49. The number of aliphatic imine (C=N–C) groups is 1. The summed E-state index contributed by atoms with van der Waals surface area (Å²) in [6.07, 6.45) is 2.70. The van der Waals surface area contributed by atoms with Crippen molar-refractivity contribution in [2.45, 2.75) is 49.9 Å². The van der Waals surface area contributed by atoms with Crippen molar-refractivity contribution in [1.29, 1.82) is 0 Å². The standard InChI is InChI=1S/C15H23N5O8S/c21-13(18-27-8-9-7-26-14(17-9)11-2-1-5-16-11)12-4-3-10-6-19(12)15(22)20(10)28-29(23,24)25/h9-12,16H,1-8H2,(H,18,21)(H,23,24,25)/t9-,10+,11-,12-/m0/s1. The molecule has 4 aliphatic heterocycles. The highest BCUT2D eigenvalue weighted by Crippen LogP contribution is 2.30. The molecule has 0 saturated carbocycles. The molecule has 0 aliphatic carbocycles. The van der Waals surface area contributed by atoms with Gasteiger partial charge in [-0.3, -0.25) is 14.2 Å². The van der Waals surface area contributed by atoms with Crippen LogP contribution < -0.4 is 10.8 Å². The third-order valence-electron chi connectivity index (χ3n) is 5.34. The first-order valence-corrected chi connectivity index (χ1v) is 10.8. The summed E-state index contributed by atoms with van der Waals surface area (Å²) >= 11 is 0. The Morgan fingerprint density at radius 1 is 1.38 bits per heavy atom. The molecular formula is C15H23N5O8S. The molecule has 3 saturated heterocycles. The summed E-state index contributed by atoms with van der Waals surface area (Å²) in [7, 11) is -4.83. The van der Waals surface area contributed by atoms with Crippen LogP contribution in [0.2, 0.25) is 0 Å². The van der Waals surface area contributed by atoms with Crippen molar-refractivity contribution in [3.8, 4) is 0 Å². The Labute approximate surface area is 167 Å². The number of ether oxygens (including phenoxy) is 1. The minimum Gasteiger partial charge on any atom is -0.477 e. The molecule has 0 unspecified atom stereocenters. The van der Waals surface area contributed by atoms with Crippen LogP contribution in [0.5, 0.6) is 0 Å². The van der Waals surface area contributed by atoms with Crippen molar-refractivity contribution in [2.75, 3.05) is 26.3 Å². The summed E-state index contributed by atoms with van der Waals surface area (Å²) in [5.74, 6) is 0.147. The summed E-state index contributed by atoms with van der Waals surface area (Å²) in [4.78, 5) is 35.7. The first-order valence-electron chi connectivity index (χ1n) is 9.44. The van der Waals surface area contributed by atoms with E-state index in [2.05, 4.69) is 20.1 Å². The van der Waals surface area contributed by atoms with E-state index in [9.17, 15) is 18.0 Å². The van der Waals surface area contributed by atoms with E-state index in [1.807, 2.05) is 0 Å².